The summed E-state index contributed by atoms with van der Waals surface area (Å²) in [6, 6.07) is 8.97. The summed E-state index contributed by atoms with van der Waals surface area (Å²) >= 11 is 0. The largest absolute Gasteiger partial charge is 0.383 e. The minimum atomic E-state index is -1.14. The van der Waals surface area contributed by atoms with Crippen LogP contribution in [0.2, 0.25) is 0 Å². The third-order valence-corrected chi connectivity index (χ3v) is 3.12. The third kappa shape index (κ3) is 2.02. The van der Waals surface area contributed by atoms with Gasteiger partial charge in [0.25, 0.3) is 5.56 Å². The van der Waals surface area contributed by atoms with Crippen molar-refractivity contribution < 1.29 is 5.11 Å². The number of fused-ring (bicyclic) bond motifs is 1. The van der Waals surface area contributed by atoms with E-state index in [-0.39, 0.29) is 5.56 Å². The Morgan fingerprint density at radius 2 is 1.90 bits per heavy atom. The van der Waals surface area contributed by atoms with Crippen molar-refractivity contribution in [2.24, 2.45) is 0 Å². The fourth-order valence-electron chi connectivity index (χ4n) is 2.15. The number of aliphatic hydroxyl groups excluding tert-OH is 1. The lowest BCUT2D eigenvalue weighted by Gasteiger charge is -2.12. The predicted molar refractivity (Wildman–Crippen MR) is 73.5 cm³/mol. The second kappa shape index (κ2) is 4.75. The van der Waals surface area contributed by atoms with Crippen molar-refractivity contribution >= 4 is 10.9 Å². The van der Waals surface area contributed by atoms with Gasteiger partial charge in [-0.05, 0) is 17.7 Å². The minimum absolute atomic E-state index is 0.0842. The average molecular weight is 269 g/mol. The molecular weight excluding hydrogens is 258 g/mol. The standard InChI is InChI=1S/C14H11N3O3/c18-12(10-7-16-14(20)17-13(10)19)9-5-6-15-11-4-2-1-3-8(9)11/h1-7,12,18H,(H2,16,17,19,20). The van der Waals surface area contributed by atoms with Gasteiger partial charge in [-0.1, -0.05) is 18.2 Å². The molecule has 0 aliphatic rings. The zero-order valence-corrected chi connectivity index (χ0v) is 10.3. The number of rotatable bonds is 2. The van der Waals surface area contributed by atoms with Gasteiger partial charge in [0.2, 0.25) is 0 Å². The molecule has 1 unspecified atom stereocenters. The maximum Gasteiger partial charge on any atom is 0.325 e. The fourth-order valence-corrected chi connectivity index (χ4v) is 2.15. The highest BCUT2D eigenvalue weighted by Crippen LogP contribution is 2.25. The van der Waals surface area contributed by atoms with E-state index >= 15 is 0 Å². The number of hydrogen-bond donors (Lipinski definition) is 3. The maximum absolute atomic E-state index is 11.7. The quantitative estimate of drug-likeness (QED) is 0.637. The van der Waals surface area contributed by atoms with Crippen molar-refractivity contribution in [3.63, 3.8) is 0 Å². The summed E-state index contributed by atoms with van der Waals surface area (Å²) in [5, 5.41) is 11.1. The number of aromatic amines is 2. The molecule has 0 saturated heterocycles. The second-order valence-electron chi connectivity index (χ2n) is 4.35. The summed E-state index contributed by atoms with van der Waals surface area (Å²) in [6.07, 6.45) is 1.66. The molecule has 0 fully saturated rings. The lowest BCUT2D eigenvalue weighted by Crippen LogP contribution is -2.26. The first-order valence-corrected chi connectivity index (χ1v) is 6.00. The zero-order valence-electron chi connectivity index (χ0n) is 10.3. The molecular formula is C14H11N3O3. The highest BCUT2D eigenvalue weighted by Gasteiger charge is 2.17. The SMILES string of the molecule is O=c1[nH]cc(C(O)c2ccnc3ccccc23)c(=O)[nH]1. The molecule has 100 valence electrons. The molecule has 0 aliphatic heterocycles. The summed E-state index contributed by atoms with van der Waals surface area (Å²) in [4.78, 5) is 31.4. The number of benzene rings is 1. The van der Waals surface area contributed by atoms with Crippen LogP contribution in [0, 0.1) is 0 Å². The highest BCUT2D eigenvalue weighted by atomic mass is 16.3. The number of para-hydroxylation sites is 1. The van der Waals surface area contributed by atoms with Crippen molar-refractivity contribution in [2.45, 2.75) is 6.10 Å². The van der Waals surface area contributed by atoms with Crippen LogP contribution >= 0.6 is 0 Å². The Hall–Kier alpha value is -2.73. The van der Waals surface area contributed by atoms with E-state index in [0.717, 1.165) is 10.9 Å². The van der Waals surface area contributed by atoms with Crippen molar-refractivity contribution in [3.8, 4) is 0 Å². The maximum atomic E-state index is 11.7. The number of aromatic nitrogens is 3. The van der Waals surface area contributed by atoms with Crippen LogP contribution in [-0.4, -0.2) is 20.1 Å². The Morgan fingerprint density at radius 1 is 1.10 bits per heavy atom. The van der Waals surface area contributed by atoms with Gasteiger partial charge >= 0.3 is 5.69 Å². The van der Waals surface area contributed by atoms with E-state index < -0.39 is 17.4 Å². The topological polar surface area (TPSA) is 98.8 Å². The molecule has 1 atom stereocenters. The first-order chi connectivity index (χ1) is 9.66. The number of nitrogens with zero attached hydrogens (tertiary/aromatic N) is 1. The van der Waals surface area contributed by atoms with Crippen LogP contribution in [0.5, 0.6) is 0 Å². The molecule has 20 heavy (non-hydrogen) atoms. The van der Waals surface area contributed by atoms with Gasteiger partial charge in [-0.3, -0.25) is 14.8 Å². The van der Waals surface area contributed by atoms with Gasteiger partial charge in [0.05, 0.1) is 11.1 Å². The summed E-state index contributed by atoms with van der Waals surface area (Å²) in [7, 11) is 0. The van der Waals surface area contributed by atoms with Crippen molar-refractivity contribution in [2.75, 3.05) is 0 Å². The number of aliphatic hydroxyl groups is 1. The van der Waals surface area contributed by atoms with Gasteiger partial charge in [-0.15, -0.1) is 0 Å². The molecule has 6 heteroatoms. The summed E-state index contributed by atoms with van der Waals surface area (Å²) in [6.45, 7) is 0. The lowest BCUT2D eigenvalue weighted by molar-refractivity contribution is 0.219. The predicted octanol–water partition coefficient (Wildman–Crippen LogP) is 0.693. The van der Waals surface area contributed by atoms with Crippen LogP contribution in [0.15, 0.2) is 52.3 Å². The Labute approximate surface area is 112 Å². The molecule has 1 aromatic carbocycles. The van der Waals surface area contributed by atoms with Crippen LogP contribution in [0.1, 0.15) is 17.2 Å². The lowest BCUT2D eigenvalue weighted by atomic mass is 10.0. The number of hydrogen-bond acceptors (Lipinski definition) is 4. The Morgan fingerprint density at radius 3 is 2.70 bits per heavy atom. The zero-order chi connectivity index (χ0) is 14.1. The molecule has 6 nitrogen and oxygen atoms in total. The monoisotopic (exact) mass is 269 g/mol. The van der Waals surface area contributed by atoms with E-state index in [4.69, 9.17) is 0 Å². The molecule has 0 amide bonds. The van der Waals surface area contributed by atoms with Gasteiger partial charge in [-0.2, -0.15) is 0 Å². The van der Waals surface area contributed by atoms with Crippen molar-refractivity contribution in [3.05, 3.63) is 74.7 Å². The molecule has 0 spiro atoms. The summed E-state index contributed by atoms with van der Waals surface area (Å²) in [5.41, 5.74) is 0.159. The summed E-state index contributed by atoms with van der Waals surface area (Å²) < 4.78 is 0. The molecule has 3 aromatic rings. The van der Waals surface area contributed by atoms with Crippen LogP contribution in [-0.2, 0) is 0 Å². The molecule has 0 aliphatic carbocycles. The van der Waals surface area contributed by atoms with Crippen molar-refractivity contribution in [1.82, 2.24) is 15.0 Å². The third-order valence-electron chi connectivity index (χ3n) is 3.12. The van der Waals surface area contributed by atoms with Crippen LogP contribution in [0.4, 0.5) is 0 Å². The average Bonchev–Trinajstić information content (AvgIpc) is 2.46. The molecule has 2 heterocycles. The van der Waals surface area contributed by atoms with E-state index in [1.54, 1.807) is 12.3 Å². The van der Waals surface area contributed by atoms with E-state index in [0.29, 0.717) is 5.56 Å². The normalized spacial score (nSPS) is 12.4. The van der Waals surface area contributed by atoms with Gasteiger partial charge in [0.1, 0.15) is 6.10 Å². The minimum Gasteiger partial charge on any atom is -0.383 e. The smallest absolute Gasteiger partial charge is 0.325 e. The number of pyridine rings is 1. The molecule has 0 radical (unpaired) electrons. The van der Waals surface area contributed by atoms with Gasteiger partial charge in [-0.25, -0.2) is 4.79 Å². The molecule has 0 saturated carbocycles. The Balaban J connectivity index is 2.20. The number of nitrogens with one attached hydrogen (secondary N) is 2. The number of H-pyrrole nitrogens is 2. The second-order valence-corrected chi connectivity index (χ2v) is 4.35. The van der Waals surface area contributed by atoms with Gasteiger partial charge in [0, 0.05) is 17.8 Å². The van der Waals surface area contributed by atoms with E-state index in [1.807, 2.05) is 24.3 Å². The van der Waals surface area contributed by atoms with E-state index in [1.165, 1.54) is 6.20 Å². The van der Waals surface area contributed by atoms with Crippen molar-refractivity contribution in [1.29, 1.82) is 0 Å². The molecule has 2 aromatic heterocycles. The first-order valence-electron chi connectivity index (χ1n) is 6.00. The molecule has 3 rings (SSSR count). The molecule has 0 bridgehead atoms. The fraction of sp³-hybridized carbons (Fsp3) is 0.0714. The van der Waals surface area contributed by atoms with Crippen LogP contribution < -0.4 is 11.2 Å². The highest BCUT2D eigenvalue weighted by molar-refractivity contribution is 5.82. The molecule has 3 N–H and O–H groups in total. The van der Waals surface area contributed by atoms with Crippen LogP contribution in [0.3, 0.4) is 0 Å². The first kappa shape index (κ1) is 12.3. The summed E-state index contributed by atoms with van der Waals surface area (Å²) in [5.74, 6) is 0. The Bertz CT molecular complexity index is 877. The van der Waals surface area contributed by atoms with Crippen LogP contribution in [0.25, 0.3) is 10.9 Å². The Kier molecular flexibility index (Phi) is 2.92. The van der Waals surface area contributed by atoms with E-state index in [2.05, 4.69) is 15.0 Å². The van der Waals surface area contributed by atoms with E-state index in [9.17, 15) is 14.7 Å². The van der Waals surface area contributed by atoms with Gasteiger partial charge in [0.15, 0.2) is 0 Å². The van der Waals surface area contributed by atoms with Gasteiger partial charge < -0.3 is 10.1 Å².